The van der Waals surface area contributed by atoms with Gasteiger partial charge in [-0.05, 0) is 31.1 Å². The van der Waals surface area contributed by atoms with Gasteiger partial charge in [0.05, 0.1) is 0 Å². The zero-order valence-corrected chi connectivity index (χ0v) is 7.81. The molecule has 2 rings (SSSR count). The van der Waals surface area contributed by atoms with Crippen LogP contribution in [0.15, 0.2) is 0 Å². The Morgan fingerprint density at radius 2 is 2.25 bits per heavy atom. The van der Waals surface area contributed by atoms with Crippen LogP contribution in [0.5, 0.6) is 0 Å². The molecule has 2 fully saturated rings. The minimum atomic E-state index is -0.00535. The largest absolute Gasteiger partial charge is 0.352 e. The molecule has 2 aliphatic carbocycles. The van der Waals surface area contributed by atoms with Crippen LogP contribution in [0.1, 0.15) is 25.7 Å². The van der Waals surface area contributed by atoms with Gasteiger partial charge in [0, 0.05) is 6.04 Å². The molecule has 3 heteroatoms. The van der Waals surface area contributed by atoms with E-state index in [9.17, 15) is 4.79 Å². The van der Waals surface area contributed by atoms with Crippen LogP contribution in [-0.4, -0.2) is 17.8 Å². The Balaban J connectivity index is 1.86. The number of fused-ring (bicyclic) bond motifs is 2. The molecular formula is C9H14ClNO. The maximum atomic E-state index is 11.0. The van der Waals surface area contributed by atoms with Gasteiger partial charge in [-0.25, -0.2) is 0 Å². The van der Waals surface area contributed by atoms with E-state index in [2.05, 4.69) is 5.32 Å². The first-order valence-electron chi connectivity index (χ1n) is 4.65. The molecule has 2 bridgehead atoms. The van der Waals surface area contributed by atoms with Crippen molar-refractivity contribution in [2.45, 2.75) is 31.7 Å². The van der Waals surface area contributed by atoms with Crippen LogP contribution in [-0.2, 0) is 4.79 Å². The molecule has 0 aliphatic heterocycles. The summed E-state index contributed by atoms with van der Waals surface area (Å²) in [6.07, 6.45) is 5.19. The summed E-state index contributed by atoms with van der Waals surface area (Å²) in [4.78, 5) is 11.0. The van der Waals surface area contributed by atoms with Gasteiger partial charge in [-0.15, -0.1) is 11.6 Å². The normalized spacial score (nSPS) is 38.6. The first kappa shape index (κ1) is 8.36. The first-order chi connectivity index (χ1) is 5.79. The molecule has 1 amide bonds. The van der Waals surface area contributed by atoms with E-state index in [0.717, 1.165) is 11.8 Å². The smallest absolute Gasteiger partial charge is 0.235 e. The van der Waals surface area contributed by atoms with Gasteiger partial charge in [0.1, 0.15) is 5.88 Å². The molecule has 1 N–H and O–H groups in total. The van der Waals surface area contributed by atoms with Gasteiger partial charge in [0.15, 0.2) is 0 Å². The van der Waals surface area contributed by atoms with Gasteiger partial charge in [-0.2, -0.15) is 0 Å². The lowest BCUT2D eigenvalue weighted by Gasteiger charge is -2.22. The standard InChI is InChI=1S/C9H14ClNO/c10-5-9(12)11-8-4-6-1-2-7(8)3-6/h6-8H,1-5H2,(H,11,12)/t6-,7-,8+/m0/s1. The van der Waals surface area contributed by atoms with E-state index in [1.54, 1.807) is 0 Å². The van der Waals surface area contributed by atoms with Crippen molar-refractivity contribution in [1.29, 1.82) is 0 Å². The van der Waals surface area contributed by atoms with Crippen molar-refractivity contribution in [1.82, 2.24) is 5.32 Å². The molecule has 0 aromatic heterocycles. The van der Waals surface area contributed by atoms with Crippen LogP contribution in [0.25, 0.3) is 0 Å². The lowest BCUT2D eigenvalue weighted by molar-refractivity contribution is -0.119. The summed E-state index contributed by atoms with van der Waals surface area (Å²) in [5.74, 6) is 1.74. The molecule has 2 saturated carbocycles. The Kier molecular flexibility index (Phi) is 2.26. The second kappa shape index (κ2) is 3.25. The van der Waals surface area contributed by atoms with E-state index >= 15 is 0 Å². The summed E-state index contributed by atoms with van der Waals surface area (Å²) in [7, 11) is 0. The number of hydrogen-bond donors (Lipinski definition) is 1. The minimum Gasteiger partial charge on any atom is -0.352 e. The molecule has 0 radical (unpaired) electrons. The molecule has 12 heavy (non-hydrogen) atoms. The van der Waals surface area contributed by atoms with Gasteiger partial charge in [0.25, 0.3) is 0 Å². The van der Waals surface area contributed by atoms with Gasteiger partial charge in [-0.3, -0.25) is 4.79 Å². The van der Waals surface area contributed by atoms with Gasteiger partial charge >= 0.3 is 0 Å². The third kappa shape index (κ3) is 1.45. The van der Waals surface area contributed by atoms with Crippen molar-refractivity contribution in [3.63, 3.8) is 0 Å². The second-order valence-corrected chi connectivity index (χ2v) is 4.25. The van der Waals surface area contributed by atoms with Crippen LogP contribution in [0.4, 0.5) is 0 Å². The molecular weight excluding hydrogens is 174 g/mol. The summed E-state index contributed by atoms with van der Waals surface area (Å²) in [5.41, 5.74) is 0. The van der Waals surface area contributed by atoms with E-state index < -0.39 is 0 Å². The summed E-state index contributed by atoms with van der Waals surface area (Å²) < 4.78 is 0. The molecule has 0 saturated heterocycles. The number of carbonyl (C=O) groups excluding carboxylic acids is 1. The SMILES string of the molecule is O=C(CCl)N[C@@H]1C[C@H]2CC[C@H]1C2. The highest BCUT2D eigenvalue weighted by Crippen LogP contribution is 2.44. The summed E-state index contributed by atoms with van der Waals surface area (Å²) in [6, 6.07) is 0.440. The molecule has 0 heterocycles. The van der Waals surface area contributed by atoms with Gasteiger partial charge in [0.2, 0.25) is 5.91 Å². The van der Waals surface area contributed by atoms with Gasteiger partial charge in [-0.1, -0.05) is 6.42 Å². The molecule has 0 aromatic carbocycles. The van der Waals surface area contributed by atoms with Crippen molar-refractivity contribution >= 4 is 17.5 Å². The fourth-order valence-corrected chi connectivity index (χ4v) is 2.74. The molecule has 0 unspecified atom stereocenters. The second-order valence-electron chi connectivity index (χ2n) is 3.98. The number of rotatable bonds is 2. The van der Waals surface area contributed by atoms with Gasteiger partial charge < -0.3 is 5.32 Å². The monoisotopic (exact) mass is 187 g/mol. The highest BCUT2D eigenvalue weighted by atomic mass is 35.5. The Bertz CT molecular complexity index is 195. The minimum absolute atomic E-state index is 0.00535. The lowest BCUT2D eigenvalue weighted by Crippen LogP contribution is -2.39. The van der Waals surface area contributed by atoms with E-state index in [1.807, 2.05) is 0 Å². The van der Waals surface area contributed by atoms with Crippen molar-refractivity contribution < 1.29 is 4.79 Å². The first-order valence-corrected chi connectivity index (χ1v) is 5.18. The Labute approximate surface area is 77.7 Å². The van der Waals surface area contributed by atoms with Crippen molar-refractivity contribution in [2.24, 2.45) is 11.8 Å². The maximum Gasteiger partial charge on any atom is 0.235 e. The summed E-state index contributed by atoms with van der Waals surface area (Å²) in [6.45, 7) is 0. The van der Waals surface area contributed by atoms with Crippen molar-refractivity contribution in [2.75, 3.05) is 5.88 Å². The third-order valence-electron chi connectivity index (χ3n) is 3.21. The highest BCUT2D eigenvalue weighted by molar-refractivity contribution is 6.27. The van der Waals surface area contributed by atoms with E-state index in [0.29, 0.717) is 6.04 Å². The fourth-order valence-electron chi connectivity index (χ4n) is 2.67. The number of amides is 1. The molecule has 0 aromatic rings. The maximum absolute atomic E-state index is 11.0. The molecule has 2 nitrogen and oxygen atoms in total. The van der Waals surface area contributed by atoms with Crippen molar-refractivity contribution in [3.05, 3.63) is 0 Å². The predicted octanol–water partition coefficient (Wildman–Crippen LogP) is 1.53. The summed E-state index contributed by atoms with van der Waals surface area (Å²) in [5, 5.41) is 2.99. The third-order valence-corrected chi connectivity index (χ3v) is 3.45. The zero-order chi connectivity index (χ0) is 8.55. The number of hydrogen-bond acceptors (Lipinski definition) is 1. The van der Waals surface area contributed by atoms with E-state index in [-0.39, 0.29) is 11.8 Å². The number of halogens is 1. The van der Waals surface area contributed by atoms with E-state index in [1.165, 1.54) is 25.7 Å². The number of nitrogens with one attached hydrogen (secondary N) is 1. The van der Waals surface area contributed by atoms with Crippen LogP contribution in [0, 0.1) is 11.8 Å². The molecule has 2 aliphatic rings. The quantitative estimate of drug-likeness (QED) is 0.653. The number of alkyl halides is 1. The average molecular weight is 188 g/mol. The Morgan fingerprint density at radius 1 is 1.42 bits per heavy atom. The van der Waals surface area contributed by atoms with Crippen LogP contribution >= 0.6 is 11.6 Å². The van der Waals surface area contributed by atoms with Crippen LogP contribution in [0.3, 0.4) is 0 Å². The summed E-state index contributed by atoms with van der Waals surface area (Å²) >= 11 is 5.42. The molecule has 68 valence electrons. The molecule has 0 spiro atoms. The zero-order valence-electron chi connectivity index (χ0n) is 7.05. The average Bonchev–Trinajstić information content (AvgIpc) is 2.64. The van der Waals surface area contributed by atoms with E-state index in [4.69, 9.17) is 11.6 Å². The Hall–Kier alpha value is -0.240. The highest BCUT2D eigenvalue weighted by Gasteiger charge is 2.39. The Morgan fingerprint density at radius 3 is 2.75 bits per heavy atom. The van der Waals surface area contributed by atoms with Crippen molar-refractivity contribution in [3.8, 4) is 0 Å². The fraction of sp³-hybridized carbons (Fsp3) is 0.889. The topological polar surface area (TPSA) is 29.1 Å². The lowest BCUT2D eigenvalue weighted by atomic mass is 9.95. The molecule has 3 atom stereocenters. The van der Waals surface area contributed by atoms with Crippen LogP contribution < -0.4 is 5.32 Å². The number of carbonyl (C=O) groups is 1. The predicted molar refractivity (Wildman–Crippen MR) is 48.1 cm³/mol. The van der Waals surface area contributed by atoms with Crippen LogP contribution in [0.2, 0.25) is 0 Å².